The number of pyridine rings is 1. The van der Waals surface area contributed by atoms with Gasteiger partial charge in [0.15, 0.2) is 0 Å². The van der Waals surface area contributed by atoms with Gasteiger partial charge in [-0.3, -0.25) is 9.48 Å². The molecule has 0 bridgehead atoms. The van der Waals surface area contributed by atoms with Crippen LogP contribution in [0.3, 0.4) is 0 Å². The molecule has 0 aliphatic rings. The van der Waals surface area contributed by atoms with E-state index in [1.165, 1.54) is 12.3 Å². The van der Waals surface area contributed by atoms with E-state index in [0.717, 1.165) is 17.9 Å². The van der Waals surface area contributed by atoms with E-state index in [9.17, 15) is 4.79 Å². The fourth-order valence-electron chi connectivity index (χ4n) is 2.19. The van der Waals surface area contributed by atoms with Crippen LogP contribution in [0, 0.1) is 19.8 Å². The summed E-state index contributed by atoms with van der Waals surface area (Å²) in [4.78, 5) is 15.2. The van der Waals surface area contributed by atoms with Gasteiger partial charge in [0.25, 0.3) is 0 Å². The normalized spacial score (nSPS) is 12.2. The number of carbonyl (C=O) groups excluding carboxylic acids is 1. The number of carbonyl (C=O) groups is 1. The maximum absolute atomic E-state index is 11.1. The van der Waals surface area contributed by atoms with Crippen LogP contribution in [0.2, 0.25) is 5.02 Å². The van der Waals surface area contributed by atoms with Gasteiger partial charge in [0, 0.05) is 25.0 Å². The molecule has 2 heterocycles. The second-order valence-electron chi connectivity index (χ2n) is 5.51. The Hall–Kier alpha value is -2.08. The molecule has 7 heteroatoms. The third kappa shape index (κ3) is 3.98. The number of anilines is 1. The van der Waals surface area contributed by atoms with Crippen molar-refractivity contribution in [1.82, 2.24) is 14.8 Å². The first-order valence-electron chi connectivity index (χ1n) is 7.07. The lowest BCUT2D eigenvalue weighted by Gasteiger charge is -2.15. The van der Waals surface area contributed by atoms with Crippen molar-refractivity contribution in [2.45, 2.75) is 27.3 Å². The van der Waals surface area contributed by atoms with Crippen molar-refractivity contribution in [3.8, 4) is 0 Å². The lowest BCUT2D eigenvalue weighted by Crippen LogP contribution is -2.19. The highest BCUT2D eigenvalue weighted by Gasteiger charge is 2.10. The lowest BCUT2D eigenvalue weighted by atomic mass is 10.2. The second kappa shape index (κ2) is 6.79. The molecule has 0 aromatic carbocycles. The van der Waals surface area contributed by atoms with Gasteiger partial charge in [0.2, 0.25) is 5.91 Å². The maximum atomic E-state index is 11.1. The molecule has 2 aromatic heterocycles. The molecule has 0 saturated carbocycles. The van der Waals surface area contributed by atoms with E-state index in [2.05, 4.69) is 28.4 Å². The first kappa shape index (κ1) is 16.3. The van der Waals surface area contributed by atoms with Crippen molar-refractivity contribution in [2.75, 3.05) is 11.9 Å². The molecular weight excluding hydrogens is 302 g/mol. The van der Waals surface area contributed by atoms with Crippen molar-refractivity contribution >= 4 is 23.3 Å². The van der Waals surface area contributed by atoms with Crippen molar-refractivity contribution < 1.29 is 4.79 Å². The van der Waals surface area contributed by atoms with Crippen molar-refractivity contribution in [2.24, 2.45) is 11.7 Å². The van der Waals surface area contributed by atoms with Gasteiger partial charge >= 0.3 is 0 Å². The predicted molar refractivity (Wildman–Crippen MR) is 87.1 cm³/mol. The fourth-order valence-corrected chi connectivity index (χ4v) is 2.43. The van der Waals surface area contributed by atoms with E-state index < -0.39 is 5.91 Å². The molecule has 3 N–H and O–H groups in total. The molecule has 0 unspecified atom stereocenters. The van der Waals surface area contributed by atoms with Crippen LogP contribution in [0.25, 0.3) is 0 Å². The number of nitrogens with zero attached hydrogens (tertiary/aromatic N) is 3. The van der Waals surface area contributed by atoms with Crippen LogP contribution in [0.15, 0.2) is 18.3 Å². The van der Waals surface area contributed by atoms with Crippen molar-refractivity contribution in [3.63, 3.8) is 0 Å². The zero-order valence-electron chi connectivity index (χ0n) is 12.9. The summed E-state index contributed by atoms with van der Waals surface area (Å²) in [5.74, 6) is 0.345. The van der Waals surface area contributed by atoms with E-state index >= 15 is 0 Å². The Morgan fingerprint density at radius 3 is 2.73 bits per heavy atom. The van der Waals surface area contributed by atoms with Crippen LogP contribution < -0.4 is 11.1 Å². The molecule has 0 aliphatic carbocycles. The molecule has 0 spiro atoms. The van der Waals surface area contributed by atoms with Gasteiger partial charge in [-0.1, -0.05) is 18.5 Å². The Kier molecular flexibility index (Phi) is 5.03. The van der Waals surface area contributed by atoms with Crippen LogP contribution in [-0.4, -0.2) is 27.2 Å². The molecule has 0 fully saturated rings. The first-order valence-corrected chi connectivity index (χ1v) is 7.45. The minimum atomic E-state index is -0.543. The Morgan fingerprint density at radius 1 is 1.45 bits per heavy atom. The van der Waals surface area contributed by atoms with Gasteiger partial charge in [-0.05, 0) is 31.9 Å². The van der Waals surface area contributed by atoms with Crippen molar-refractivity contribution in [3.05, 3.63) is 40.3 Å². The molecule has 2 aromatic rings. The summed E-state index contributed by atoms with van der Waals surface area (Å²) in [7, 11) is 0. The van der Waals surface area contributed by atoms with Crippen LogP contribution in [-0.2, 0) is 6.54 Å². The quantitative estimate of drug-likeness (QED) is 0.855. The minimum absolute atomic E-state index is 0.297. The Morgan fingerprint density at radius 2 is 2.18 bits per heavy atom. The van der Waals surface area contributed by atoms with Gasteiger partial charge in [0.05, 0.1) is 16.3 Å². The molecule has 0 saturated heterocycles. The van der Waals surface area contributed by atoms with Crippen molar-refractivity contribution in [1.29, 1.82) is 0 Å². The SMILES string of the molecule is Cc1cc(C)n(C[C@@H](C)CNc2ncc(C(N)=O)cc2Cl)n1. The zero-order valence-corrected chi connectivity index (χ0v) is 13.7. The third-order valence-corrected chi connectivity index (χ3v) is 3.62. The summed E-state index contributed by atoms with van der Waals surface area (Å²) in [6, 6.07) is 3.58. The van der Waals surface area contributed by atoms with Gasteiger partial charge in [-0.25, -0.2) is 4.98 Å². The molecule has 1 atom stereocenters. The van der Waals surface area contributed by atoms with Crippen LogP contribution in [0.5, 0.6) is 0 Å². The van der Waals surface area contributed by atoms with E-state index in [1.54, 1.807) is 0 Å². The summed E-state index contributed by atoms with van der Waals surface area (Å²) >= 11 is 6.10. The molecule has 1 amide bonds. The maximum Gasteiger partial charge on any atom is 0.250 e. The zero-order chi connectivity index (χ0) is 16.3. The Bertz CT molecular complexity index is 683. The number of amides is 1. The highest BCUT2D eigenvalue weighted by Crippen LogP contribution is 2.20. The molecule has 118 valence electrons. The number of hydrogen-bond donors (Lipinski definition) is 2. The molecule has 22 heavy (non-hydrogen) atoms. The van der Waals surface area contributed by atoms with E-state index in [-0.39, 0.29) is 0 Å². The van der Waals surface area contributed by atoms with Crippen LogP contribution >= 0.6 is 11.6 Å². The molecule has 2 rings (SSSR count). The number of aryl methyl sites for hydroxylation is 2. The van der Waals surface area contributed by atoms with Gasteiger partial charge in [-0.2, -0.15) is 5.10 Å². The fraction of sp³-hybridized carbons (Fsp3) is 0.400. The number of rotatable bonds is 6. The predicted octanol–water partition coefficient (Wildman–Crippen LogP) is 2.40. The topological polar surface area (TPSA) is 85.8 Å². The Labute approximate surface area is 134 Å². The lowest BCUT2D eigenvalue weighted by molar-refractivity contribution is 0.1000. The third-order valence-electron chi connectivity index (χ3n) is 3.33. The van der Waals surface area contributed by atoms with E-state index in [1.807, 2.05) is 18.5 Å². The first-order chi connectivity index (χ1) is 10.4. The summed E-state index contributed by atoms with van der Waals surface area (Å²) in [5.41, 5.74) is 7.65. The molecule has 0 aliphatic heterocycles. The average molecular weight is 322 g/mol. The average Bonchev–Trinajstić information content (AvgIpc) is 2.75. The van der Waals surface area contributed by atoms with E-state index in [0.29, 0.717) is 28.9 Å². The minimum Gasteiger partial charge on any atom is -0.369 e. The summed E-state index contributed by atoms with van der Waals surface area (Å²) in [6.45, 7) is 7.65. The van der Waals surface area contributed by atoms with E-state index in [4.69, 9.17) is 17.3 Å². The van der Waals surface area contributed by atoms with Crippen LogP contribution in [0.1, 0.15) is 28.7 Å². The molecule has 0 radical (unpaired) electrons. The number of aromatic nitrogens is 3. The monoisotopic (exact) mass is 321 g/mol. The number of hydrogen-bond acceptors (Lipinski definition) is 4. The highest BCUT2D eigenvalue weighted by atomic mass is 35.5. The standard InChI is InChI=1S/C15H20ClN5O/c1-9(8-21-11(3)4-10(2)20-21)6-18-15-13(16)5-12(7-19-15)14(17)22/h4-5,7,9H,6,8H2,1-3H3,(H2,17,22)(H,18,19)/t9-/m0/s1. The number of nitrogens with one attached hydrogen (secondary N) is 1. The molecular formula is C15H20ClN5O. The highest BCUT2D eigenvalue weighted by molar-refractivity contribution is 6.33. The summed E-state index contributed by atoms with van der Waals surface area (Å²) < 4.78 is 1.99. The largest absolute Gasteiger partial charge is 0.369 e. The summed E-state index contributed by atoms with van der Waals surface area (Å²) in [6.07, 6.45) is 1.42. The second-order valence-corrected chi connectivity index (χ2v) is 5.92. The van der Waals surface area contributed by atoms with Gasteiger partial charge in [0.1, 0.15) is 5.82 Å². The number of nitrogens with two attached hydrogens (primary N) is 1. The molecule has 6 nitrogen and oxygen atoms in total. The summed E-state index contributed by atoms with van der Waals surface area (Å²) in [5, 5.41) is 8.02. The van der Waals surface area contributed by atoms with Crippen LogP contribution in [0.4, 0.5) is 5.82 Å². The van der Waals surface area contributed by atoms with Gasteiger partial charge in [-0.15, -0.1) is 0 Å². The number of primary amides is 1. The smallest absolute Gasteiger partial charge is 0.250 e. The number of halogens is 1. The van der Waals surface area contributed by atoms with Gasteiger partial charge < -0.3 is 11.1 Å². The Balaban J connectivity index is 1.95.